The van der Waals surface area contributed by atoms with E-state index in [9.17, 15) is 5.11 Å². The topological polar surface area (TPSA) is 52.9 Å². The van der Waals surface area contributed by atoms with E-state index in [4.69, 9.17) is 9.84 Å². The molecule has 0 aliphatic rings. The third-order valence-electron chi connectivity index (χ3n) is 2.54. The van der Waals surface area contributed by atoms with Gasteiger partial charge in [-0.25, -0.2) is 0 Å². The molecule has 1 atom stereocenters. The number of nitrogens with zero attached hydrogens (tertiary/aromatic N) is 1. The number of ether oxygens (including phenoxy) is 1. The normalized spacial score (nSPS) is 12.9. The number of methoxy groups -OCH3 is 1. The number of aliphatic hydroxyl groups is 2. The van der Waals surface area contributed by atoms with E-state index in [1.807, 2.05) is 30.3 Å². The maximum atomic E-state index is 9.47. The van der Waals surface area contributed by atoms with Crippen LogP contribution < -0.4 is 0 Å². The highest BCUT2D eigenvalue weighted by molar-refractivity contribution is 5.14. The SMILES string of the molecule is COCCN(Cc1ccccc1)CC(O)CO. The lowest BCUT2D eigenvalue weighted by molar-refractivity contribution is 0.0469. The lowest BCUT2D eigenvalue weighted by atomic mass is 10.2. The van der Waals surface area contributed by atoms with E-state index in [1.165, 1.54) is 5.56 Å². The molecule has 0 aliphatic heterocycles. The third-order valence-corrected chi connectivity index (χ3v) is 2.54. The molecule has 96 valence electrons. The molecule has 0 saturated carbocycles. The third kappa shape index (κ3) is 5.79. The van der Waals surface area contributed by atoms with Crippen molar-refractivity contribution in [2.24, 2.45) is 0 Å². The summed E-state index contributed by atoms with van der Waals surface area (Å²) in [5.41, 5.74) is 1.19. The van der Waals surface area contributed by atoms with Gasteiger partial charge in [0.15, 0.2) is 0 Å². The van der Waals surface area contributed by atoms with Gasteiger partial charge in [0, 0.05) is 26.7 Å². The number of aliphatic hydroxyl groups excluding tert-OH is 2. The molecule has 0 radical (unpaired) electrons. The van der Waals surface area contributed by atoms with Crippen LogP contribution in [-0.2, 0) is 11.3 Å². The second kappa shape index (κ2) is 8.20. The van der Waals surface area contributed by atoms with Crippen molar-refractivity contribution in [3.05, 3.63) is 35.9 Å². The summed E-state index contributed by atoms with van der Waals surface area (Å²) in [6.45, 7) is 2.35. The lowest BCUT2D eigenvalue weighted by Crippen LogP contribution is -2.36. The Morgan fingerprint density at radius 3 is 2.59 bits per heavy atom. The number of rotatable bonds is 8. The molecule has 1 rings (SSSR count). The maximum Gasteiger partial charge on any atom is 0.0897 e. The number of hydrogen-bond donors (Lipinski definition) is 2. The van der Waals surface area contributed by atoms with E-state index in [0.29, 0.717) is 13.2 Å². The van der Waals surface area contributed by atoms with Gasteiger partial charge in [-0.15, -0.1) is 0 Å². The number of hydrogen-bond acceptors (Lipinski definition) is 4. The van der Waals surface area contributed by atoms with Crippen molar-refractivity contribution in [3.63, 3.8) is 0 Å². The van der Waals surface area contributed by atoms with Gasteiger partial charge in [0.05, 0.1) is 19.3 Å². The summed E-state index contributed by atoms with van der Waals surface area (Å²) < 4.78 is 5.04. The Labute approximate surface area is 102 Å². The Morgan fingerprint density at radius 2 is 2.00 bits per heavy atom. The van der Waals surface area contributed by atoms with Crippen molar-refractivity contribution >= 4 is 0 Å². The van der Waals surface area contributed by atoms with E-state index >= 15 is 0 Å². The summed E-state index contributed by atoms with van der Waals surface area (Å²) in [5, 5.41) is 18.3. The van der Waals surface area contributed by atoms with Gasteiger partial charge in [0.1, 0.15) is 0 Å². The van der Waals surface area contributed by atoms with Crippen LogP contribution in [0.4, 0.5) is 0 Å². The van der Waals surface area contributed by atoms with Crippen LogP contribution in [-0.4, -0.2) is 54.6 Å². The molecule has 0 aromatic heterocycles. The van der Waals surface area contributed by atoms with E-state index in [0.717, 1.165) is 13.1 Å². The molecule has 0 spiro atoms. The average molecular weight is 239 g/mol. The highest BCUT2D eigenvalue weighted by Crippen LogP contribution is 2.05. The van der Waals surface area contributed by atoms with Crippen molar-refractivity contribution in [3.8, 4) is 0 Å². The van der Waals surface area contributed by atoms with Crippen molar-refractivity contribution in [2.75, 3.05) is 33.4 Å². The van der Waals surface area contributed by atoms with Gasteiger partial charge in [0.2, 0.25) is 0 Å². The van der Waals surface area contributed by atoms with Gasteiger partial charge < -0.3 is 14.9 Å². The average Bonchev–Trinajstić information content (AvgIpc) is 2.37. The summed E-state index contributed by atoms with van der Waals surface area (Å²) in [4.78, 5) is 2.07. The van der Waals surface area contributed by atoms with Crippen LogP contribution in [0.1, 0.15) is 5.56 Å². The summed E-state index contributed by atoms with van der Waals surface area (Å²) in [7, 11) is 1.66. The molecule has 1 unspecified atom stereocenters. The van der Waals surface area contributed by atoms with E-state index < -0.39 is 6.10 Å². The van der Waals surface area contributed by atoms with Crippen LogP contribution in [0, 0.1) is 0 Å². The first kappa shape index (κ1) is 14.1. The zero-order valence-corrected chi connectivity index (χ0v) is 10.2. The summed E-state index contributed by atoms with van der Waals surface area (Å²) in [6.07, 6.45) is -0.699. The van der Waals surface area contributed by atoms with Crippen LogP contribution >= 0.6 is 0 Å². The molecule has 2 N–H and O–H groups in total. The molecular formula is C13H21NO3. The highest BCUT2D eigenvalue weighted by atomic mass is 16.5. The molecule has 0 bridgehead atoms. The molecule has 0 amide bonds. The van der Waals surface area contributed by atoms with E-state index in [2.05, 4.69) is 4.90 Å². The fourth-order valence-electron chi connectivity index (χ4n) is 1.65. The minimum atomic E-state index is -0.699. The Bertz CT molecular complexity index is 292. The summed E-state index contributed by atoms with van der Waals surface area (Å²) in [6, 6.07) is 10.1. The predicted octanol–water partition coefficient (Wildman–Crippen LogP) is 0.488. The zero-order chi connectivity index (χ0) is 12.5. The molecule has 1 aromatic carbocycles. The molecular weight excluding hydrogens is 218 g/mol. The fraction of sp³-hybridized carbons (Fsp3) is 0.538. The standard InChI is InChI=1S/C13H21NO3/c1-17-8-7-14(10-13(16)11-15)9-12-5-3-2-4-6-12/h2-6,13,15-16H,7-11H2,1H3. The Balaban J connectivity index is 2.50. The van der Waals surface area contributed by atoms with Crippen LogP contribution in [0.15, 0.2) is 30.3 Å². The highest BCUT2D eigenvalue weighted by Gasteiger charge is 2.11. The summed E-state index contributed by atoms with van der Waals surface area (Å²) in [5.74, 6) is 0. The van der Waals surface area contributed by atoms with Gasteiger partial charge in [-0.3, -0.25) is 4.90 Å². The zero-order valence-electron chi connectivity index (χ0n) is 10.2. The largest absolute Gasteiger partial charge is 0.394 e. The van der Waals surface area contributed by atoms with Crippen molar-refractivity contribution in [2.45, 2.75) is 12.6 Å². The van der Waals surface area contributed by atoms with E-state index in [1.54, 1.807) is 7.11 Å². The van der Waals surface area contributed by atoms with Gasteiger partial charge >= 0.3 is 0 Å². The first-order valence-corrected chi connectivity index (χ1v) is 5.80. The van der Waals surface area contributed by atoms with Gasteiger partial charge in [-0.1, -0.05) is 30.3 Å². The second-order valence-electron chi connectivity index (χ2n) is 4.05. The van der Waals surface area contributed by atoms with Crippen LogP contribution in [0.25, 0.3) is 0 Å². The van der Waals surface area contributed by atoms with Gasteiger partial charge in [-0.2, -0.15) is 0 Å². The maximum absolute atomic E-state index is 9.47. The monoisotopic (exact) mass is 239 g/mol. The molecule has 0 fully saturated rings. The quantitative estimate of drug-likeness (QED) is 0.693. The first-order chi connectivity index (χ1) is 8.26. The van der Waals surface area contributed by atoms with Crippen LogP contribution in [0.5, 0.6) is 0 Å². The molecule has 0 heterocycles. The predicted molar refractivity (Wildman–Crippen MR) is 66.7 cm³/mol. The minimum absolute atomic E-state index is 0.210. The van der Waals surface area contributed by atoms with Gasteiger partial charge in [-0.05, 0) is 5.56 Å². The molecule has 4 heteroatoms. The van der Waals surface area contributed by atoms with Crippen molar-refractivity contribution in [1.29, 1.82) is 0 Å². The van der Waals surface area contributed by atoms with Crippen LogP contribution in [0.2, 0.25) is 0 Å². The Kier molecular flexibility index (Phi) is 6.81. The smallest absolute Gasteiger partial charge is 0.0897 e. The molecule has 1 aromatic rings. The minimum Gasteiger partial charge on any atom is -0.394 e. The first-order valence-electron chi connectivity index (χ1n) is 5.80. The van der Waals surface area contributed by atoms with E-state index in [-0.39, 0.29) is 6.61 Å². The molecule has 0 saturated heterocycles. The Morgan fingerprint density at radius 1 is 1.29 bits per heavy atom. The second-order valence-corrected chi connectivity index (χ2v) is 4.05. The van der Waals surface area contributed by atoms with Gasteiger partial charge in [0.25, 0.3) is 0 Å². The lowest BCUT2D eigenvalue weighted by Gasteiger charge is -2.24. The Hall–Kier alpha value is -0.940. The van der Waals surface area contributed by atoms with Crippen LogP contribution in [0.3, 0.4) is 0 Å². The van der Waals surface area contributed by atoms with Crippen molar-refractivity contribution in [1.82, 2.24) is 4.90 Å². The molecule has 17 heavy (non-hydrogen) atoms. The van der Waals surface area contributed by atoms with Crippen molar-refractivity contribution < 1.29 is 14.9 Å². The molecule has 0 aliphatic carbocycles. The molecule has 4 nitrogen and oxygen atoms in total. The number of benzene rings is 1. The summed E-state index contributed by atoms with van der Waals surface area (Å²) >= 11 is 0. The fourth-order valence-corrected chi connectivity index (χ4v) is 1.65.